The number of anilines is 1. The molecule has 0 radical (unpaired) electrons. The van der Waals surface area contributed by atoms with Crippen molar-refractivity contribution in [3.8, 4) is 0 Å². The first-order chi connectivity index (χ1) is 10.2. The summed E-state index contributed by atoms with van der Waals surface area (Å²) in [7, 11) is -4.94. The maximum Gasteiger partial charge on any atom is 0.247 e. The molecule has 0 atom stereocenters. The van der Waals surface area contributed by atoms with Gasteiger partial charge in [-0.3, -0.25) is 0 Å². The Balaban J connectivity index is 0.000000841. The highest BCUT2D eigenvalue weighted by atomic mass is 35.7. The number of nitrogens with zero attached hydrogens (tertiary/aromatic N) is 2. The number of hydrogen-bond donors (Lipinski definition) is 0. The van der Waals surface area contributed by atoms with E-state index in [-0.39, 0.29) is 0 Å². The molecule has 8 heteroatoms. The van der Waals surface area contributed by atoms with Crippen LogP contribution >= 0.6 is 11.6 Å². The van der Waals surface area contributed by atoms with Crippen molar-refractivity contribution >= 4 is 17.3 Å². The van der Waals surface area contributed by atoms with Crippen LogP contribution in [0.5, 0.6) is 0 Å². The highest BCUT2D eigenvalue weighted by molar-refractivity contribution is 6.36. The Morgan fingerprint density at radius 1 is 0.826 bits per heavy atom. The average molecular weight is 371 g/mol. The second-order valence-corrected chi connectivity index (χ2v) is 7.71. The van der Waals surface area contributed by atoms with Gasteiger partial charge >= 0.3 is 0 Å². The van der Waals surface area contributed by atoms with Crippen LogP contribution in [0.1, 0.15) is 55.4 Å². The van der Waals surface area contributed by atoms with Crippen LogP contribution in [0.25, 0.3) is 0 Å². The molecule has 0 saturated heterocycles. The van der Waals surface area contributed by atoms with E-state index in [0.717, 1.165) is 5.02 Å². The lowest BCUT2D eigenvalue weighted by atomic mass is 10.2. The van der Waals surface area contributed by atoms with Crippen LogP contribution in [0.2, 0.25) is 5.02 Å². The van der Waals surface area contributed by atoms with Crippen molar-refractivity contribution in [2.75, 3.05) is 4.90 Å². The second-order valence-electron chi connectivity index (χ2n) is 6.58. The molecule has 0 unspecified atom stereocenters. The second kappa shape index (κ2) is 8.65. The van der Waals surface area contributed by atoms with Gasteiger partial charge in [-0.25, -0.2) is 23.2 Å². The molecule has 1 rings (SSSR count). The monoisotopic (exact) mass is 370 g/mol. The van der Waals surface area contributed by atoms with Crippen molar-refractivity contribution in [1.82, 2.24) is 4.58 Å². The van der Waals surface area contributed by atoms with Gasteiger partial charge in [0.05, 0.1) is 0 Å². The lowest BCUT2D eigenvalue weighted by Gasteiger charge is -2.29. The van der Waals surface area contributed by atoms with E-state index < -0.39 is 10.2 Å². The molecule has 0 saturated carbocycles. The molecular weight excluding hydrogens is 343 g/mol. The minimum atomic E-state index is -4.94. The lowest BCUT2D eigenvalue weighted by molar-refractivity contribution is -2.00. The standard InChI is InChI=1S/C15H28ClN2.ClHO4/c1-9(2)17(10(3)4)14-13(16)15(14)18(11(5)6)12(7)8;2-1(3,4)5/h9-12H,1-8H3;(H,2,3,4,5)/q+1;/p-1. The first-order valence-electron chi connectivity index (χ1n) is 7.66. The van der Waals surface area contributed by atoms with Crippen molar-refractivity contribution in [1.29, 1.82) is 0 Å². The summed E-state index contributed by atoms with van der Waals surface area (Å²) in [4.78, 5) is 2.41. The topological polar surface area (TPSA) is 98.5 Å². The third-order valence-electron chi connectivity index (χ3n) is 3.32. The quantitative estimate of drug-likeness (QED) is 0.598. The maximum atomic E-state index is 8.49. The fourth-order valence-corrected chi connectivity index (χ4v) is 3.17. The van der Waals surface area contributed by atoms with Gasteiger partial charge < -0.3 is 4.90 Å². The van der Waals surface area contributed by atoms with Crippen LogP contribution in [0.15, 0.2) is 0 Å². The molecule has 0 amide bonds. The van der Waals surface area contributed by atoms with E-state index in [9.17, 15) is 0 Å². The first kappa shape index (κ1) is 22.6. The summed E-state index contributed by atoms with van der Waals surface area (Å²) in [6.45, 7) is 17.8. The first-order valence-corrected chi connectivity index (χ1v) is 9.27. The van der Waals surface area contributed by atoms with E-state index in [2.05, 4.69) is 64.9 Å². The maximum absolute atomic E-state index is 8.49. The summed E-state index contributed by atoms with van der Waals surface area (Å²) in [5, 5.41) is 2.21. The molecule has 0 N–H and O–H groups in total. The number of halogens is 2. The number of rotatable bonds is 5. The third-order valence-corrected chi connectivity index (χ3v) is 3.68. The van der Waals surface area contributed by atoms with Crippen LogP contribution in [-0.2, 0) is 0 Å². The molecule has 0 heterocycles. The zero-order valence-electron chi connectivity index (χ0n) is 15.1. The molecule has 6 nitrogen and oxygen atoms in total. The van der Waals surface area contributed by atoms with Crippen molar-refractivity contribution < 1.29 is 28.9 Å². The molecule has 0 fully saturated rings. The minimum absolute atomic E-state index is 0.479. The van der Waals surface area contributed by atoms with Crippen LogP contribution in [0.3, 0.4) is 0 Å². The van der Waals surface area contributed by atoms with Crippen LogP contribution in [0, 0.1) is 10.2 Å². The minimum Gasteiger partial charge on any atom is -0.360 e. The van der Waals surface area contributed by atoms with Crippen molar-refractivity contribution in [3.63, 3.8) is 0 Å². The Bertz CT molecular complexity index is 489. The fraction of sp³-hybridized carbons (Fsp3) is 0.800. The lowest BCUT2D eigenvalue weighted by Crippen LogP contribution is -2.68. The third kappa shape index (κ3) is 7.37. The largest absolute Gasteiger partial charge is 0.360 e. The molecule has 23 heavy (non-hydrogen) atoms. The van der Waals surface area contributed by atoms with Gasteiger partial charge in [-0.1, -0.05) is 11.6 Å². The molecule has 0 spiro atoms. The van der Waals surface area contributed by atoms with Gasteiger partial charge in [0.25, 0.3) is 0 Å². The van der Waals surface area contributed by atoms with Gasteiger partial charge in [0.2, 0.25) is 5.36 Å². The summed E-state index contributed by atoms with van der Waals surface area (Å²) in [5.41, 5.74) is 1.25. The average Bonchev–Trinajstić information content (AvgIpc) is 2.85. The smallest absolute Gasteiger partial charge is 0.247 e. The molecule has 0 aliphatic carbocycles. The van der Waals surface area contributed by atoms with E-state index in [1.807, 2.05) is 0 Å². The number of hydrogen-bond acceptors (Lipinski definition) is 5. The van der Waals surface area contributed by atoms with Crippen LogP contribution in [-0.4, -0.2) is 24.2 Å². The Labute approximate surface area is 146 Å². The van der Waals surface area contributed by atoms with Crippen LogP contribution < -0.4 is 33.5 Å². The van der Waals surface area contributed by atoms with Gasteiger partial charge in [0.15, 0.2) is 0 Å². The predicted octanol–water partition coefficient (Wildman–Crippen LogP) is -1.33. The Morgan fingerprint density at radius 3 is 1.35 bits per heavy atom. The zero-order valence-corrected chi connectivity index (χ0v) is 16.6. The molecule has 1 aromatic carbocycles. The highest BCUT2D eigenvalue weighted by Gasteiger charge is 2.36. The van der Waals surface area contributed by atoms with Gasteiger partial charge in [-0.15, -0.1) is 10.2 Å². The summed E-state index contributed by atoms with van der Waals surface area (Å²) in [6, 6.07) is 1.92. The van der Waals surface area contributed by atoms with Gasteiger partial charge in [0, 0.05) is 12.1 Å². The normalized spacial score (nSPS) is 12.4. The molecular formula is C15H28Cl2N2O4. The van der Waals surface area contributed by atoms with Gasteiger partial charge in [-0.05, 0) is 55.4 Å². The highest BCUT2D eigenvalue weighted by Crippen LogP contribution is 2.31. The molecule has 0 aromatic heterocycles. The summed E-state index contributed by atoms with van der Waals surface area (Å²) >= 11 is 6.44. The Hall–Kier alpha value is -0.370. The van der Waals surface area contributed by atoms with E-state index in [0.29, 0.717) is 24.2 Å². The fourth-order valence-electron chi connectivity index (χ4n) is 2.84. The zero-order chi connectivity index (χ0) is 18.7. The Kier molecular flexibility index (Phi) is 8.51. The Morgan fingerprint density at radius 2 is 1.13 bits per heavy atom. The predicted molar refractivity (Wildman–Crippen MR) is 82.1 cm³/mol. The molecule has 0 aliphatic rings. The summed E-state index contributed by atoms with van der Waals surface area (Å²) < 4.78 is 36.4. The summed E-state index contributed by atoms with van der Waals surface area (Å²) in [6.07, 6.45) is 0. The van der Waals surface area contributed by atoms with E-state index in [4.69, 9.17) is 30.2 Å². The van der Waals surface area contributed by atoms with Gasteiger partial charge in [-0.2, -0.15) is 0 Å². The van der Waals surface area contributed by atoms with E-state index in [1.54, 1.807) is 0 Å². The molecule has 0 bridgehead atoms. The molecule has 0 aliphatic heterocycles. The van der Waals surface area contributed by atoms with Crippen LogP contribution in [0.4, 0.5) is 5.69 Å². The van der Waals surface area contributed by atoms with Crippen molar-refractivity contribution in [2.24, 2.45) is 0 Å². The molecule has 136 valence electrons. The van der Waals surface area contributed by atoms with Crippen molar-refractivity contribution in [3.05, 3.63) is 10.4 Å². The molecule has 1 aromatic rings. The van der Waals surface area contributed by atoms with E-state index >= 15 is 0 Å². The SMILES string of the molecule is CC(C)N(c1c(Cl)c1=[N+](C(C)C)C(C)C)C(C)C.[O-][Cl+3]([O-])([O-])[O-]. The van der Waals surface area contributed by atoms with Crippen molar-refractivity contribution in [2.45, 2.75) is 79.6 Å². The van der Waals surface area contributed by atoms with Gasteiger partial charge in [0.1, 0.15) is 22.8 Å². The summed E-state index contributed by atoms with van der Waals surface area (Å²) in [5.74, 6) is 0. The van der Waals surface area contributed by atoms with E-state index in [1.165, 1.54) is 11.0 Å².